The maximum Gasteiger partial charge on any atom is 0.229 e. The zero-order valence-corrected chi connectivity index (χ0v) is 19.3. The Hall–Kier alpha value is -2.87. The van der Waals surface area contributed by atoms with Gasteiger partial charge in [-0.1, -0.05) is 0 Å². The molecule has 0 radical (unpaired) electrons. The fourth-order valence-corrected chi connectivity index (χ4v) is 5.85. The summed E-state index contributed by atoms with van der Waals surface area (Å²) in [5, 5.41) is 9.65. The molecule has 1 fully saturated rings. The number of hydrogen-bond donors (Lipinski definition) is 2. The molecule has 5 heterocycles. The highest BCUT2D eigenvalue weighted by Crippen LogP contribution is 2.35. The number of anilines is 2. The molecule has 1 aliphatic rings. The molecule has 11 nitrogen and oxygen atoms in total. The van der Waals surface area contributed by atoms with Crippen molar-refractivity contribution >= 4 is 43.3 Å². The summed E-state index contributed by atoms with van der Waals surface area (Å²) in [5.74, 6) is 1.16. The van der Waals surface area contributed by atoms with E-state index in [0.717, 1.165) is 21.5 Å². The van der Waals surface area contributed by atoms with Crippen molar-refractivity contribution in [3.8, 4) is 11.3 Å². The lowest BCUT2D eigenvalue weighted by molar-refractivity contribution is 0.0759. The Labute approximate surface area is 189 Å². The highest BCUT2D eigenvalue weighted by molar-refractivity contribution is 7.89. The lowest BCUT2D eigenvalue weighted by Crippen LogP contribution is -2.67. The number of imidazole rings is 1. The van der Waals surface area contributed by atoms with Gasteiger partial charge in [-0.3, -0.25) is 4.68 Å². The van der Waals surface area contributed by atoms with Crippen LogP contribution in [0, 0.1) is 0 Å². The molecule has 0 unspecified atom stereocenters. The zero-order valence-electron chi connectivity index (χ0n) is 17.6. The second-order valence-corrected chi connectivity index (χ2v) is 11.0. The standard InChI is InChI=1S/C19H23N9O2S2/c1-3-32(29,30)27-10-19(9-20,11-27)28-7-13(6-22-28)16-17-14(4-5-31-17)23-18(25-16)24-15-8-26(2)12-21-15/h4-8,12H,3,9-11,20H2,1-2H3,(H,23,24,25). The first kappa shape index (κ1) is 21.0. The maximum absolute atomic E-state index is 12.2. The van der Waals surface area contributed by atoms with Gasteiger partial charge in [0.15, 0.2) is 5.82 Å². The van der Waals surface area contributed by atoms with E-state index < -0.39 is 15.6 Å². The summed E-state index contributed by atoms with van der Waals surface area (Å²) in [6.45, 7) is 2.55. The number of sulfonamides is 1. The summed E-state index contributed by atoms with van der Waals surface area (Å²) in [7, 11) is -1.36. The molecule has 168 valence electrons. The van der Waals surface area contributed by atoms with Gasteiger partial charge < -0.3 is 15.6 Å². The first-order chi connectivity index (χ1) is 15.3. The topological polar surface area (TPSA) is 137 Å². The van der Waals surface area contributed by atoms with Crippen LogP contribution in [0.1, 0.15) is 6.92 Å². The van der Waals surface area contributed by atoms with Crippen molar-refractivity contribution in [2.24, 2.45) is 12.8 Å². The van der Waals surface area contributed by atoms with Gasteiger partial charge in [-0.25, -0.2) is 23.4 Å². The predicted molar refractivity (Wildman–Crippen MR) is 123 cm³/mol. The zero-order chi connectivity index (χ0) is 22.5. The second kappa shape index (κ2) is 7.62. The lowest BCUT2D eigenvalue weighted by atomic mass is 9.93. The monoisotopic (exact) mass is 473 g/mol. The van der Waals surface area contributed by atoms with Gasteiger partial charge in [0.05, 0.1) is 34.2 Å². The summed E-state index contributed by atoms with van der Waals surface area (Å²) < 4.78 is 30.4. The molecule has 0 spiro atoms. The minimum absolute atomic E-state index is 0.0708. The second-order valence-electron chi connectivity index (χ2n) is 7.85. The Bertz CT molecular complexity index is 1380. The van der Waals surface area contributed by atoms with Crippen LogP contribution in [-0.4, -0.2) is 67.4 Å². The van der Waals surface area contributed by atoms with Crippen LogP contribution in [0.3, 0.4) is 0 Å². The van der Waals surface area contributed by atoms with Crippen LogP contribution in [0.4, 0.5) is 11.8 Å². The normalized spacial score (nSPS) is 16.3. The number of hydrogen-bond acceptors (Lipinski definition) is 9. The molecule has 4 aromatic heterocycles. The van der Waals surface area contributed by atoms with E-state index in [1.54, 1.807) is 35.5 Å². The van der Waals surface area contributed by atoms with E-state index in [9.17, 15) is 8.42 Å². The number of aromatic nitrogens is 6. The summed E-state index contributed by atoms with van der Waals surface area (Å²) in [4.78, 5) is 13.6. The Balaban J connectivity index is 1.48. The lowest BCUT2D eigenvalue weighted by Gasteiger charge is -2.48. The Morgan fingerprint density at radius 2 is 2.09 bits per heavy atom. The van der Waals surface area contributed by atoms with E-state index in [1.165, 1.54) is 4.31 Å². The van der Waals surface area contributed by atoms with Gasteiger partial charge in [-0.2, -0.15) is 9.40 Å². The maximum atomic E-state index is 12.2. The molecule has 5 rings (SSSR count). The minimum atomic E-state index is -3.25. The quantitative estimate of drug-likeness (QED) is 0.410. The highest BCUT2D eigenvalue weighted by atomic mass is 32.2. The average Bonchev–Trinajstić information content (AvgIpc) is 3.48. The summed E-state index contributed by atoms with van der Waals surface area (Å²) in [6.07, 6.45) is 7.16. The van der Waals surface area contributed by atoms with E-state index in [0.29, 0.717) is 24.9 Å². The number of aryl methyl sites for hydroxylation is 1. The van der Waals surface area contributed by atoms with Crippen LogP contribution in [-0.2, 0) is 22.6 Å². The average molecular weight is 474 g/mol. The van der Waals surface area contributed by atoms with Crippen molar-refractivity contribution in [3.05, 3.63) is 36.4 Å². The van der Waals surface area contributed by atoms with Gasteiger partial charge in [-0.15, -0.1) is 11.3 Å². The van der Waals surface area contributed by atoms with Gasteiger partial charge in [0, 0.05) is 44.6 Å². The van der Waals surface area contributed by atoms with Crippen LogP contribution in [0.15, 0.2) is 36.4 Å². The third kappa shape index (κ3) is 3.46. The first-order valence-corrected chi connectivity index (χ1v) is 12.6. The molecule has 32 heavy (non-hydrogen) atoms. The van der Waals surface area contributed by atoms with Crippen molar-refractivity contribution in [1.82, 2.24) is 33.6 Å². The van der Waals surface area contributed by atoms with Crippen molar-refractivity contribution in [2.45, 2.75) is 12.5 Å². The Morgan fingerprint density at radius 3 is 2.78 bits per heavy atom. The van der Waals surface area contributed by atoms with Crippen LogP contribution < -0.4 is 11.1 Å². The molecular formula is C19H23N9O2S2. The van der Waals surface area contributed by atoms with E-state index >= 15 is 0 Å². The fourth-order valence-electron chi connectivity index (χ4n) is 3.77. The molecule has 1 aliphatic heterocycles. The third-order valence-electron chi connectivity index (χ3n) is 5.67. The molecule has 0 amide bonds. The summed E-state index contributed by atoms with van der Waals surface area (Å²) in [6, 6.07) is 1.94. The molecule has 0 atom stereocenters. The van der Waals surface area contributed by atoms with Crippen molar-refractivity contribution in [1.29, 1.82) is 0 Å². The highest BCUT2D eigenvalue weighted by Gasteiger charge is 2.48. The molecule has 4 aromatic rings. The van der Waals surface area contributed by atoms with Crippen LogP contribution in [0.25, 0.3) is 21.5 Å². The molecule has 1 saturated heterocycles. The fraction of sp³-hybridized carbons (Fsp3) is 0.368. The van der Waals surface area contributed by atoms with E-state index in [1.807, 2.05) is 35.5 Å². The van der Waals surface area contributed by atoms with Crippen LogP contribution in [0.2, 0.25) is 0 Å². The first-order valence-electron chi connectivity index (χ1n) is 10.1. The molecule has 0 saturated carbocycles. The van der Waals surface area contributed by atoms with Crippen LogP contribution >= 0.6 is 11.3 Å². The Kier molecular flexibility index (Phi) is 5.00. The van der Waals surface area contributed by atoms with Gasteiger partial charge in [0.25, 0.3) is 0 Å². The van der Waals surface area contributed by atoms with Gasteiger partial charge >= 0.3 is 0 Å². The van der Waals surface area contributed by atoms with Crippen molar-refractivity contribution in [3.63, 3.8) is 0 Å². The summed E-state index contributed by atoms with van der Waals surface area (Å²) >= 11 is 1.56. The number of nitrogens with zero attached hydrogens (tertiary/aromatic N) is 7. The van der Waals surface area contributed by atoms with Gasteiger partial charge in [0.2, 0.25) is 16.0 Å². The number of rotatable bonds is 7. The number of nitrogens with two attached hydrogens (primary N) is 1. The SMILES string of the molecule is CCS(=O)(=O)N1CC(CN)(n2cc(-c3nc(Nc4cn(C)cn4)nc4ccsc34)cn2)C1. The molecule has 0 aliphatic carbocycles. The minimum Gasteiger partial charge on any atom is -0.338 e. The Morgan fingerprint density at radius 1 is 1.28 bits per heavy atom. The van der Waals surface area contributed by atoms with Crippen LogP contribution in [0.5, 0.6) is 0 Å². The molecule has 3 N–H and O–H groups in total. The number of fused-ring (bicyclic) bond motifs is 1. The molecule has 13 heteroatoms. The smallest absolute Gasteiger partial charge is 0.229 e. The van der Waals surface area contributed by atoms with Gasteiger partial charge in [0.1, 0.15) is 5.54 Å². The van der Waals surface area contributed by atoms with Crippen molar-refractivity contribution < 1.29 is 8.42 Å². The number of thiophene rings is 1. The molecular weight excluding hydrogens is 450 g/mol. The molecule has 0 aromatic carbocycles. The van der Waals surface area contributed by atoms with E-state index in [4.69, 9.17) is 10.7 Å². The van der Waals surface area contributed by atoms with E-state index in [-0.39, 0.29) is 12.3 Å². The number of nitrogens with one attached hydrogen (secondary N) is 1. The van der Waals surface area contributed by atoms with E-state index in [2.05, 4.69) is 20.4 Å². The largest absolute Gasteiger partial charge is 0.338 e. The summed E-state index contributed by atoms with van der Waals surface area (Å²) in [5.41, 5.74) is 7.88. The van der Waals surface area contributed by atoms with Crippen molar-refractivity contribution in [2.75, 3.05) is 30.7 Å². The van der Waals surface area contributed by atoms with Gasteiger partial charge in [-0.05, 0) is 18.4 Å². The molecule has 0 bridgehead atoms. The predicted octanol–water partition coefficient (Wildman–Crippen LogP) is 1.35. The third-order valence-corrected chi connectivity index (χ3v) is 8.35.